The molecule has 0 spiro atoms. The molecule has 3 nitrogen and oxygen atoms in total. The number of aromatic nitrogens is 1. The van der Waals surface area contributed by atoms with E-state index in [-0.39, 0.29) is 0 Å². The van der Waals surface area contributed by atoms with Gasteiger partial charge in [0.15, 0.2) is 11.6 Å². The molecule has 1 aromatic heterocycles. The number of halogens is 1. The Morgan fingerprint density at radius 1 is 1.57 bits per heavy atom. The van der Waals surface area contributed by atoms with E-state index < -0.39 is 0 Å². The van der Waals surface area contributed by atoms with Crippen LogP contribution in [-0.2, 0) is 0 Å². The summed E-state index contributed by atoms with van der Waals surface area (Å²) in [5, 5.41) is 3.82. The van der Waals surface area contributed by atoms with Crippen LogP contribution in [0, 0.1) is 8.99 Å². The van der Waals surface area contributed by atoms with E-state index in [2.05, 4.69) is 41.6 Å². The number of rotatable bonds is 1. The molecule has 78 valence electrons. The lowest BCUT2D eigenvalue weighted by atomic mass is 9.80. The van der Waals surface area contributed by atoms with E-state index in [1.807, 2.05) is 0 Å². The fraction of sp³-hybridized carbons (Fsp3) is 0.700. The smallest absolute Gasteiger partial charge is 0.180 e. The molecule has 1 aliphatic rings. The summed E-state index contributed by atoms with van der Waals surface area (Å²) in [6.45, 7) is 4.58. The fourth-order valence-corrected chi connectivity index (χ4v) is 2.91. The van der Waals surface area contributed by atoms with E-state index in [0.717, 1.165) is 9.33 Å². The predicted molar refractivity (Wildman–Crippen MR) is 64.0 cm³/mol. The molecule has 2 rings (SSSR count). The van der Waals surface area contributed by atoms with Gasteiger partial charge in [0, 0.05) is 5.92 Å². The van der Waals surface area contributed by atoms with Crippen molar-refractivity contribution in [2.45, 2.75) is 39.0 Å². The summed E-state index contributed by atoms with van der Waals surface area (Å²) in [5.74, 6) is 2.01. The third-order valence-electron chi connectivity index (χ3n) is 3.26. The Bertz CT molecular complexity index is 346. The molecule has 14 heavy (non-hydrogen) atoms. The van der Waals surface area contributed by atoms with Crippen LogP contribution in [0.3, 0.4) is 0 Å². The average molecular weight is 306 g/mol. The third kappa shape index (κ3) is 1.53. The minimum Gasteiger partial charge on any atom is -0.380 e. The standard InChI is InChI=1S/C10H15IN2O/c1-10(2)5-3-4-6(10)8-7(11)9(12)13-14-8/h6H,3-5H2,1-2H3,(H2,12,13). The van der Waals surface area contributed by atoms with Gasteiger partial charge in [-0.2, -0.15) is 0 Å². The molecule has 0 bridgehead atoms. The maximum absolute atomic E-state index is 5.68. The first-order chi connectivity index (χ1) is 6.52. The van der Waals surface area contributed by atoms with E-state index in [0.29, 0.717) is 17.2 Å². The van der Waals surface area contributed by atoms with E-state index in [1.165, 1.54) is 19.3 Å². The van der Waals surface area contributed by atoms with E-state index in [1.54, 1.807) is 0 Å². The second-order valence-electron chi connectivity index (χ2n) is 4.68. The molecule has 1 heterocycles. The van der Waals surface area contributed by atoms with E-state index in [9.17, 15) is 0 Å². The molecule has 1 atom stereocenters. The third-order valence-corrected chi connectivity index (χ3v) is 4.34. The summed E-state index contributed by atoms with van der Waals surface area (Å²) in [6, 6.07) is 0. The molecule has 0 amide bonds. The monoisotopic (exact) mass is 306 g/mol. The predicted octanol–water partition coefficient (Wildman–Crippen LogP) is 3.16. The van der Waals surface area contributed by atoms with Gasteiger partial charge in [-0.3, -0.25) is 0 Å². The maximum atomic E-state index is 5.68. The van der Waals surface area contributed by atoms with Crippen LogP contribution in [0.2, 0.25) is 0 Å². The highest BCUT2D eigenvalue weighted by molar-refractivity contribution is 14.1. The first-order valence-corrected chi connectivity index (χ1v) is 6.01. The number of hydrogen-bond acceptors (Lipinski definition) is 3. The van der Waals surface area contributed by atoms with Crippen molar-refractivity contribution in [1.82, 2.24) is 5.16 Å². The fourth-order valence-electron chi connectivity index (χ4n) is 2.33. The van der Waals surface area contributed by atoms with Crippen molar-refractivity contribution in [2.24, 2.45) is 5.41 Å². The summed E-state index contributed by atoms with van der Waals surface area (Å²) < 4.78 is 6.33. The van der Waals surface area contributed by atoms with Gasteiger partial charge in [-0.25, -0.2) is 0 Å². The Kier molecular flexibility index (Phi) is 2.49. The van der Waals surface area contributed by atoms with Gasteiger partial charge in [-0.15, -0.1) is 0 Å². The van der Waals surface area contributed by atoms with Crippen LogP contribution >= 0.6 is 22.6 Å². The highest BCUT2D eigenvalue weighted by Gasteiger charge is 2.39. The van der Waals surface area contributed by atoms with Crippen LogP contribution in [0.25, 0.3) is 0 Å². The molecule has 0 saturated heterocycles. The molecular weight excluding hydrogens is 291 g/mol. The topological polar surface area (TPSA) is 52.0 Å². The largest absolute Gasteiger partial charge is 0.380 e. The van der Waals surface area contributed by atoms with Crippen molar-refractivity contribution in [2.75, 3.05) is 5.73 Å². The maximum Gasteiger partial charge on any atom is 0.180 e. The number of anilines is 1. The molecule has 1 fully saturated rings. The second kappa shape index (κ2) is 3.40. The number of nitrogens with zero attached hydrogens (tertiary/aromatic N) is 1. The van der Waals surface area contributed by atoms with E-state index >= 15 is 0 Å². The summed E-state index contributed by atoms with van der Waals surface area (Å²) in [7, 11) is 0. The average Bonchev–Trinajstić information content (AvgIpc) is 2.59. The van der Waals surface area contributed by atoms with Crippen LogP contribution in [0.15, 0.2) is 4.52 Å². The van der Waals surface area contributed by atoms with Crippen molar-refractivity contribution in [3.63, 3.8) is 0 Å². The number of nitrogen functional groups attached to an aromatic ring is 1. The molecule has 0 aliphatic heterocycles. The quantitative estimate of drug-likeness (QED) is 0.811. The van der Waals surface area contributed by atoms with Crippen molar-refractivity contribution >= 4 is 28.4 Å². The molecule has 1 unspecified atom stereocenters. The van der Waals surface area contributed by atoms with Crippen LogP contribution < -0.4 is 5.73 Å². The summed E-state index contributed by atoms with van der Waals surface area (Å²) in [6.07, 6.45) is 3.72. The van der Waals surface area contributed by atoms with Gasteiger partial charge in [-0.05, 0) is 40.8 Å². The zero-order chi connectivity index (χ0) is 10.3. The second-order valence-corrected chi connectivity index (χ2v) is 5.76. The Labute approximate surface area is 97.5 Å². The normalized spacial score (nSPS) is 25.5. The van der Waals surface area contributed by atoms with Crippen molar-refractivity contribution in [3.8, 4) is 0 Å². The minimum atomic E-state index is 0.325. The molecule has 0 radical (unpaired) electrons. The van der Waals surface area contributed by atoms with E-state index in [4.69, 9.17) is 10.3 Å². The number of hydrogen-bond donors (Lipinski definition) is 1. The molecule has 1 saturated carbocycles. The van der Waals surface area contributed by atoms with Crippen LogP contribution in [-0.4, -0.2) is 5.16 Å². The summed E-state index contributed by atoms with van der Waals surface area (Å²) in [4.78, 5) is 0. The highest BCUT2D eigenvalue weighted by Crippen LogP contribution is 2.50. The SMILES string of the molecule is CC1(C)CCCC1c1onc(N)c1I. The zero-order valence-corrected chi connectivity index (χ0v) is 10.7. The first-order valence-electron chi connectivity index (χ1n) is 4.93. The Balaban J connectivity index is 2.36. The van der Waals surface area contributed by atoms with Gasteiger partial charge in [0.25, 0.3) is 0 Å². The lowest BCUT2D eigenvalue weighted by molar-refractivity contribution is 0.267. The van der Waals surface area contributed by atoms with Crippen LogP contribution in [0.4, 0.5) is 5.82 Å². The van der Waals surface area contributed by atoms with Gasteiger partial charge in [0.2, 0.25) is 0 Å². The van der Waals surface area contributed by atoms with Gasteiger partial charge in [0.1, 0.15) is 0 Å². The summed E-state index contributed by atoms with van der Waals surface area (Å²) in [5.41, 5.74) is 6.01. The molecule has 0 aromatic carbocycles. The Morgan fingerprint density at radius 2 is 2.29 bits per heavy atom. The van der Waals surface area contributed by atoms with Crippen LogP contribution in [0.5, 0.6) is 0 Å². The zero-order valence-electron chi connectivity index (χ0n) is 8.51. The van der Waals surface area contributed by atoms with Crippen molar-refractivity contribution < 1.29 is 4.52 Å². The molecule has 1 aromatic rings. The molecule has 4 heteroatoms. The first kappa shape index (κ1) is 10.3. The lowest BCUT2D eigenvalue weighted by Crippen LogP contribution is -2.15. The highest BCUT2D eigenvalue weighted by atomic mass is 127. The van der Waals surface area contributed by atoms with Crippen molar-refractivity contribution in [1.29, 1.82) is 0 Å². The minimum absolute atomic E-state index is 0.325. The van der Waals surface area contributed by atoms with Gasteiger partial charge < -0.3 is 10.3 Å². The lowest BCUT2D eigenvalue weighted by Gasteiger charge is -2.24. The van der Waals surface area contributed by atoms with Crippen LogP contribution in [0.1, 0.15) is 44.8 Å². The van der Waals surface area contributed by atoms with Gasteiger partial charge in [0.05, 0.1) is 3.57 Å². The number of nitrogens with two attached hydrogens (primary N) is 1. The molecular formula is C10H15IN2O. The Hall–Kier alpha value is -0.260. The van der Waals surface area contributed by atoms with Crippen molar-refractivity contribution in [3.05, 3.63) is 9.33 Å². The molecule has 2 N–H and O–H groups in total. The van der Waals surface area contributed by atoms with Gasteiger partial charge >= 0.3 is 0 Å². The molecule has 1 aliphatic carbocycles. The van der Waals surface area contributed by atoms with Gasteiger partial charge in [-0.1, -0.05) is 25.4 Å². The summed E-state index contributed by atoms with van der Waals surface area (Å²) >= 11 is 2.23. The Morgan fingerprint density at radius 3 is 2.71 bits per heavy atom.